The molecule has 0 aliphatic heterocycles. The van der Waals surface area contributed by atoms with Crippen molar-refractivity contribution in [1.82, 2.24) is 9.78 Å². The number of nitrogens with two attached hydrogens (primary N) is 1. The Balaban J connectivity index is 2.10. The van der Waals surface area contributed by atoms with Crippen LogP contribution in [0.4, 0.5) is 0 Å². The van der Waals surface area contributed by atoms with Crippen molar-refractivity contribution < 1.29 is 4.74 Å². The van der Waals surface area contributed by atoms with Gasteiger partial charge in [-0.15, -0.1) is 0 Å². The van der Waals surface area contributed by atoms with Crippen molar-refractivity contribution in [2.45, 2.75) is 39.5 Å². The zero-order valence-corrected chi connectivity index (χ0v) is 12.8. The van der Waals surface area contributed by atoms with E-state index < -0.39 is 0 Å². The first-order valence-corrected chi connectivity index (χ1v) is 7.07. The van der Waals surface area contributed by atoms with Gasteiger partial charge in [0, 0.05) is 28.9 Å². The molecule has 1 aromatic heterocycles. The van der Waals surface area contributed by atoms with Gasteiger partial charge in [-0.05, 0) is 45.0 Å². The standard InChI is InChI=1S/C15H20ClN3O/c1-10(2)19-7-6-13(18-19)9-20-15-5-4-12(16)8-14(15)11(3)17/h4-8,10-11H,9,17H2,1-3H3/t11-/m1/s1. The second kappa shape index (κ2) is 6.29. The number of ether oxygens (including phenoxy) is 1. The van der Waals surface area contributed by atoms with Crippen LogP contribution in [0, 0.1) is 0 Å². The monoisotopic (exact) mass is 293 g/mol. The summed E-state index contributed by atoms with van der Waals surface area (Å²) in [5, 5.41) is 5.11. The molecule has 0 fully saturated rings. The Morgan fingerprint density at radius 2 is 2.05 bits per heavy atom. The zero-order chi connectivity index (χ0) is 14.7. The third-order valence-corrected chi connectivity index (χ3v) is 3.27. The molecule has 2 rings (SSSR count). The summed E-state index contributed by atoms with van der Waals surface area (Å²) in [5.41, 5.74) is 7.73. The van der Waals surface area contributed by atoms with E-state index in [1.54, 1.807) is 6.07 Å². The second-order valence-corrected chi connectivity index (χ2v) is 5.58. The Morgan fingerprint density at radius 3 is 2.65 bits per heavy atom. The first kappa shape index (κ1) is 14.9. The van der Waals surface area contributed by atoms with E-state index in [0.717, 1.165) is 17.0 Å². The van der Waals surface area contributed by atoms with Crippen LogP contribution >= 0.6 is 11.6 Å². The molecule has 0 aliphatic carbocycles. The van der Waals surface area contributed by atoms with Gasteiger partial charge < -0.3 is 10.5 Å². The average Bonchev–Trinajstić information content (AvgIpc) is 2.86. The average molecular weight is 294 g/mol. The van der Waals surface area contributed by atoms with Crippen LogP contribution in [0.25, 0.3) is 0 Å². The number of hydrogen-bond acceptors (Lipinski definition) is 3. The first-order chi connectivity index (χ1) is 9.47. The smallest absolute Gasteiger partial charge is 0.132 e. The Labute approximate surface area is 124 Å². The van der Waals surface area contributed by atoms with Gasteiger partial charge >= 0.3 is 0 Å². The molecule has 20 heavy (non-hydrogen) atoms. The van der Waals surface area contributed by atoms with Crippen LogP contribution in [0.2, 0.25) is 5.02 Å². The lowest BCUT2D eigenvalue weighted by Gasteiger charge is -2.13. The normalized spacial score (nSPS) is 12.7. The molecular weight excluding hydrogens is 274 g/mol. The molecule has 5 heteroatoms. The fourth-order valence-corrected chi connectivity index (χ4v) is 2.08. The van der Waals surface area contributed by atoms with E-state index in [9.17, 15) is 0 Å². The summed E-state index contributed by atoms with van der Waals surface area (Å²) >= 11 is 5.99. The van der Waals surface area contributed by atoms with Crippen molar-refractivity contribution in [3.63, 3.8) is 0 Å². The van der Waals surface area contributed by atoms with Crippen LogP contribution in [-0.4, -0.2) is 9.78 Å². The van der Waals surface area contributed by atoms with Gasteiger partial charge in [0.25, 0.3) is 0 Å². The third-order valence-electron chi connectivity index (χ3n) is 3.03. The van der Waals surface area contributed by atoms with E-state index in [2.05, 4.69) is 18.9 Å². The molecule has 1 aromatic carbocycles. The molecule has 2 N–H and O–H groups in total. The third kappa shape index (κ3) is 3.52. The second-order valence-electron chi connectivity index (χ2n) is 5.14. The molecule has 1 atom stereocenters. The predicted molar refractivity (Wildman–Crippen MR) is 81.0 cm³/mol. The topological polar surface area (TPSA) is 53.1 Å². The lowest BCUT2D eigenvalue weighted by Crippen LogP contribution is -2.08. The number of halogens is 1. The Morgan fingerprint density at radius 1 is 1.30 bits per heavy atom. The fraction of sp³-hybridized carbons (Fsp3) is 0.400. The van der Waals surface area contributed by atoms with Gasteiger partial charge in [-0.1, -0.05) is 11.6 Å². The van der Waals surface area contributed by atoms with E-state index in [0.29, 0.717) is 17.7 Å². The highest BCUT2D eigenvalue weighted by Crippen LogP contribution is 2.27. The van der Waals surface area contributed by atoms with Gasteiger partial charge in [-0.2, -0.15) is 5.10 Å². The van der Waals surface area contributed by atoms with Crippen LogP contribution in [0.5, 0.6) is 5.75 Å². The van der Waals surface area contributed by atoms with E-state index >= 15 is 0 Å². The molecule has 0 amide bonds. The van der Waals surface area contributed by atoms with Gasteiger partial charge in [-0.3, -0.25) is 4.68 Å². The van der Waals surface area contributed by atoms with Crippen molar-refractivity contribution >= 4 is 11.6 Å². The van der Waals surface area contributed by atoms with Gasteiger partial charge in [0.05, 0.1) is 5.69 Å². The van der Waals surface area contributed by atoms with Crippen LogP contribution in [0.1, 0.15) is 44.1 Å². The summed E-state index contributed by atoms with van der Waals surface area (Å²) in [7, 11) is 0. The summed E-state index contributed by atoms with van der Waals surface area (Å²) in [5.74, 6) is 0.753. The van der Waals surface area contributed by atoms with Gasteiger partial charge in [-0.25, -0.2) is 0 Å². The molecule has 0 spiro atoms. The maximum absolute atomic E-state index is 5.99. The molecule has 2 aromatic rings. The molecule has 0 unspecified atom stereocenters. The predicted octanol–water partition coefficient (Wildman–Crippen LogP) is 3.72. The van der Waals surface area contributed by atoms with Crippen LogP contribution in [0.3, 0.4) is 0 Å². The highest BCUT2D eigenvalue weighted by atomic mass is 35.5. The molecule has 108 valence electrons. The number of hydrogen-bond donors (Lipinski definition) is 1. The van der Waals surface area contributed by atoms with E-state index in [1.807, 2.05) is 36.0 Å². The quantitative estimate of drug-likeness (QED) is 0.914. The maximum Gasteiger partial charge on any atom is 0.132 e. The number of nitrogens with zero attached hydrogens (tertiary/aromatic N) is 2. The Hall–Kier alpha value is -1.52. The van der Waals surface area contributed by atoms with Crippen LogP contribution in [-0.2, 0) is 6.61 Å². The summed E-state index contributed by atoms with van der Waals surface area (Å²) in [6, 6.07) is 7.67. The molecule has 1 heterocycles. The van der Waals surface area contributed by atoms with Crippen molar-refractivity contribution in [2.24, 2.45) is 5.73 Å². The molecule has 0 radical (unpaired) electrons. The SMILES string of the molecule is CC(C)n1ccc(COc2ccc(Cl)cc2[C@@H](C)N)n1. The van der Waals surface area contributed by atoms with Gasteiger partial charge in [0.2, 0.25) is 0 Å². The fourth-order valence-electron chi connectivity index (χ4n) is 1.90. The largest absolute Gasteiger partial charge is 0.487 e. The summed E-state index contributed by atoms with van der Waals surface area (Å²) in [4.78, 5) is 0. The number of aromatic nitrogens is 2. The first-order valence-electron chi connectivity index (χ1n) is 6.69. The van der Waals surface area contributed by atoms with E-state index in [1.165, 1.54) is 0 Å². The van der Waals surface area contributed by atoms with Crippen LogP contribution < -0.4 is 10.5 Å². The molecular formula is C15H20ClN3O. The van der Waals surface area contributed by atoms with Crippen molar-refractivity contribution in [3.05, 3.63) is 46.7 Å². The summed E-state index contributed by atoms with van der Waals surface area (Å²) in [6.45, 7) is 6.50. The maximum atomic E-state index is 5.99. The summed E-state index contributed by atoms with van der Waals surface area (Å²) in [6.07, 6.45) is 1.96. The molecule has 0 bridgehead atoms. The Bertz CT molecular complexity index is 578. The molecule has 0 aliphatic rings. The Kier molecular flexibility index (Phi) is 4.68. The molecule has 0 saturated heterocycles. The highest BCUT2D eigenvalue weighted by Gasteiger charge is 2.10. The van der Waals surface area contributed by atoms with Crippen LogP contribution in [0.15, 0.2) is 30.5 Å². The van der Waals surface area contributed by atoms with E-state index in [4.69, 9.17) is 22.1 Å². The van der Waals surface area contributed by atoms with Crippen molar-refractivity contribution in [2.75, 3.05) is 0 Å². The highest BCUT2D eigenvalue weighted by molar-refractivity contribution is 6.30. The zero-order valence-electron chi connectivity index (χ0n) is 12.0. The summed E-state index contributed by atoms with van der Waals surface area (Å²) < 4.78 is 7.73. The minimum absolute atomic E-state index is 0.128. The number of benzene rings is 1. The number of rotatable bonds is 5. The van der Waals surface area contributed by atoms with Crippen molar-refractivity contribution in [3.8, 4) is 5.75 Å². The van der Waals surface area contributed by atoms with Crippen molar-refractivity contribution in [1.29, 1.82) is 0 Å². The lowest BCUT2D eigenvalue weighted by molar-refractivity contribution is 0.294. The molecule has 4 nitrogen and oxygen atoms in total. The minimum Gasteiger partial charge on any atom is -0.487 e. The van der Waals surface area contributed by atoms with E-state index in [-0.39, 0.29) is 6.04 Å². The molecule has 0 saturated carbocycles. The van der Waals surface area contributed by atoms with Gasteiger partial charge in [0.1, 0.15) is 12.4 Å². The minimum atomic E-state index is -0.128. The lowest BCUT2D eigenvalue weighted by atomic mass is 10.1. The van der Waals surface area contributed by atoms with Gasteiger partial charge in [0.15, 0.2) is 0 Å².